The van der Waals surface area contributed by atoms with Crippen molar-refractivity contribution < 1.29 is 21.7 Å². The van der Waals surface area contributed by atoms with Crippen molar-refractivity contribution in [2.75, 3.05) is 28.2 Å². The van der Waals surface area contributed by atoms with E-state index < -0.39 is 0 Å². The average Bonchev–Trinajstić information content (AvgIpc) is 3.50. The van der Waals surface area contributed by atoms with E-state index in [1.807, 2.05) is 6.07 Å². The maximum atomic E-state index is 4.00. The first-order chi connectivity index (χ1) is 16.9. The van der Waals surface area contributed by atoms with Gasteiger partial charge in [-0.15, -0.1) is 0 Å². The van der Waals surface area contributed by atoms with E-state index in [-0.39, 0.29) is 21.7 Å². The second-order valence-corrected chi connectivity index (χ2v) is 9.26. The van der Waals surface area contributed by atoms with Gasteiger partial charge in [0.1, 0.15) is 0 Å². The first-order valence-corrected chi connectivity index (χ1v) is 12.2. The average molecular weight is 511 g/mol. The summed E-state index contributed by atoms with van der Waals surface area (Å²) in [5.74, 6) is 5.72. The van der Waals surface area contributed by atoms with Gasteiger partial charge in [0, 0.05) is 35.8 Å². The normalized spacial score (nSPS) is 21.0. The smallest absolute Gasteiger partial charge is 0.369 e. The number of fused-ring (bicyclic) bond motifs is 2. The van der Waals surface area contributed by atoms with Gasteiger partial charge in [-0.3, -0.25) is 5.92 Å². The first kappa shape index (κ1) is 31.0. The van der Waals surface area contributed by atoms with Gasteiger partial charge in [-0.05, 0) is 53.9 Å². The quantitative estimate of drug-likeness (QED) is 0.332. The van der Waals surface area contributed by atoms with Crippen molar-refractivity contribution in [3.63, 3.8) is 0 Å². The molecule has 1 atom stereocenters. The van der Waals surface area contributed by atoms with Crippen LogP contribution in [0.1, 0.15) is 12.5 Å². The van der Waals surface area contributed by atoms with Crippen molar-refractivity contribution >= 4 is 0 Å². The molecule has 4 aliphatic carbocycles. The fraction of sp³-hybridized carbons (Fsp3) is 0.212. The number of hydrogen-bond donors (Lipinski definition) is 0. The molecule has 182 valence electrons. The molecule has 5 rings (SSSR count). The van der Waals surface area contributed by atoms with Crippen LogP contribution in [0.15, 0.2) is 78.9 Å². The summed E-state index contributed by atoms with van der Waals surface area (Å²) in [6.07, 6.45) is 28.8. The van der Waals surface area contributed by atoms with Crippen molar-refractivity contribution in [1.82, 2.24) is 9.80 Å². The van der Waals surface area contributed by atoms with Gasteiger partial charge in [-0.1, -0.05) is 90.9 Å². The minimum absolute atomic E-state index is 0. The standard InChI is InChI=1S/2C11H12N.C11H14.Ti/c2*1-12(2)11-7-9-5-3-4-6-10(9)8-11;1-3-10(2)9-11-7-5-4-6-8-11;/h2*3-8H,1-2H3;3-8,10H,2,9H2,1H3;/q;;-2;+4/t;;10-;/m..1./s1. The second-order valence-electron chi connectivity index (χ2n) is 9.26. The topological polar surface area (TPSA) is 6.48 Å². The summed E-state index contributed by atoms with van der Waals surface area (Å²) in [5.41, 5.74) is 1.37. The van der Waals surface area contributed by atoms with Crippen molar-refractivity contribution in [1.29, 1.82) is 0 Å². The third-order valence-corrected chi connectivity index (χ3v) is 6.05. The van der Waals surface area contributed by atoms with E-state index in [9.17, 15) is 0 Å². The third kappa shape index (κ3) is 9.60. The van der Waals surface area contributed by atoms with Crippen molar-refractivity contribution in [3.8, 4) is 0 Å². The predicted molar refractivity (Wildman–Crippen MR) is 150 cm³/mol. The Morgan fingerprint density at radius 1 is 0.667 bits per heavy atom. The molecule has 2 saturated carbocycles. The number of hydrogen-bond acceptors (Lipinski definition) is 2. The minimum atomic E-state index is 0. The Hall–Kier alpha value is -1.19. The number of benzene rings is 1. The molecule has 0 saturated heterocycles. The SMILES string of the molecule is CN(C)[C]1[CH][C]2C=CC=C[C]2[CH]1.CN(C)[C]1[CH][C]2C=CC=C[C]2[CH]1.[CH2-][C@H]([CH-]C)Cc1ccccc1.[Ti+4]. The second kappa shape index (κ2) is 15.9. The summed E-state index contributed by atoms with van der Waals surface area (Å²) < 4.78 is 0. The van der Waals surface area contributed by atoms with Crippen molar-refractivity contribution in [3.05, 3.63) is 159 Å². The molecule has 0 amide bonds. The zero-order chi connectivity index (χ0) is 25.2. The summed E-state index contributed by atoms with van der Waals surface area (Å²) >= 11 is 0. The summed E-state index contributed by atoms with van der Waals surface area (Å²) in [6, 6.07) is 13.0. The van der Waals surface area contributed by atoms with Gasteiger partial charge in [0.05, 0.1) is 0 Å². The van der Waals surface area contributed by atoms with E-state index in [0.29, 0.717) is 5.92 Å². The minimum Gasteiger partial charge on any atom is -0.369 e. The van der Waals surface area contributed by atoms with Gasteiger partial charge in [-0.2, -0.15) is 6.92 Å². The Balaban J connectivity index is 0.000000188. The first-order valence-electron chi connectivity index (χ1n) is 12.2. The van der Waals surface area contributed by atoms with Gasteiger partial charge in [0.15, 0.2) is 0 Å². The fourth-order valence-corrected chi connectivity index (χ4v) is 3.82. The summed E-state index contributed by atoms with van der Waals surface area (Å²) in [7, 11) is 8.25. The third-order valence-electron chi connectivity index (χ3n) is 6.05. The van der Waals surface area contributed by atoms with E-state index in [1.165, 1.54) is 41.3 Å². The van der Waals surface area contributed by atoms with E-state index in [4.69, 9.17) is 0 Å². The molecule has 0 aromatic heterocycles. The monoisotopic (exact) mass is 510 g/mol. The molecule has 1 aromatic carbocycles. The van der Waals surface area contributed by atoms with E-state index >= 15 is 0 Å². The molecule has 0 unspecified atom stereocenters. The fourth-order valence-electron chi connectivity index (χ4n) is 3.82. The molecule has 1 aromatic rings. The zero-order valence-electron chi connectivity index (χ0n) is 22.3. The van der Waals surface area contributed by atoms with Crippen LogP contribution in [0.5, 0.6) is 0 Å². The van der Waals surface area contributed by atoms with Crippen LogP contribution in [0.3, 0.4) is 0 Å². The van der Waals surface area contributed by atoms with Crippen LogP contribution < -0.4 is 0 Å². The van der Waals surface area contributed by atoms with E-state index in [0.717, 1.165) is 6.42 Å². The molecule has 0 spiro atoms. The molecule has 0 N–H and O–H groups in total. The molecule has 36 heavy (non-hydrogen) atoms. The van der Waals surface area contributed by atoms with Crippen LogP contribution in [0.4, 0.5) is 0 Å². The Kier molecular flexibility index (Phi) is 13.7. The van der Waals surface area contributed by atoms with E-state index in [1.54, 1.807) is 0 Å². The summed E-state index contributed by atoms with van der Waals surface area (Å²) in [5, 5.41) is 0. The number of allylic oxidation sites excluding steroid dienone is 8. The molecule has 0 bridgehead atoms. The Bertz CT molecular complexity index is 766. The molecule has 0 heterocycles. The van der Waals surface area contributed by atoms with Crippen molar-refractivity contribution in [2.45, 2.75) is 13.3 Å². The van der Waals surface area contributed by atoms with Crippen LogP contribution in [0, 0.1) is 80.7 Å². The van der Waals surface area contributed by atoms with Crippen LogP contribution >= 0.6 is 0 Å². The van der Waals surface area contributed by atoms with Crippen LogP contribution in [-0.2, 0) is 28.1 Å². The molecule has 2 fully saturated rings. The largest absolute Gasteiger partial charge is 4.00 e. The molecular formula is C33H38N2Ti+2. The summed E-state index contributed by atoms with van der Waals surface area (Å²) in [4.78, 5) is 4.25. The van der Waals surface area contributed by atoms with Crippen molar-refractivity contribution in [2.24, 2.45) is 5.92 Å². The van der Waals surface area contributed by atoms with Crippen LogP contribution in [-0.4, -0.2) is 38.0 Å². The van der Waals surface area contributed by atoms with Crippen LogP contribution in [0.2, 0.25) is 0 Å². The number of rotatable bonds is 5. The predicted octanol–water partition coefficient (Wildman–Crippen LogP) is 6.46. The Morgan fingerprint density at radius 2 is 1.03 bits per heavy atom. The van der Waals surface area contributed by atoms with Gasteiger partial charge in [0.2, 0.25) is 0 Å². The molecule has 0 aliphatic heterocycles. The maximum Gasteiger partial charge on any atom is 4.00 e. The molecule has 2 nitrogen and oxygen atoms in total. The molecule has 10 radical (unpaired) electrons. The molecule has 3 heteroatoms. The van der Waals surface area contributed by atoms with Gasteiger partial charge in [-0.25, -0.2) is 0 Å². The molecular weight excluding hydrogens is 472 g/mol. The summed E-state index contributed by atoms with van der Waals surface area (Å²) in [6.45, 7) is 6.05. The van der Waals surface area contributed by atoms with Gasteiger partial charge < -0.3 is 23.1 Å². The Labute approximate surface area is 237 Å². The van der Waals surface area contributed by atoms with Gasteiger partial charge in [0.25, 0.3) is 0 Å². The van der Waals surface area contributed by atoms with Gasteiger partial charge >= 0.3 is 21.7 Å². The number of nitrogens with zero attached hydrogens (tertiary/aromatic N) is 2. The zero-order valence-corrected chi connectivity index (χ0v) is 23.8. The van der Waals surface area contributed by atoms with Crippen LogP contribution in [0.25, 0.3) is 0 Å². The van der Waals surface area contributed by atoms with E-state index in [2.05, 4.69) is 157 Å². The maximum absolute atomic E-state index is 4.00. The Morgan fingerprint density at radius 3 is 1.33 bits per heavy atom. The molecule has 4 aliphatic rings.